The SMILES string of the molecule is CCCC(C)=C1CCC(N)C1. The summed E-state index contributed by atoms with van der Waals surface area (Å²) in [5, 5.41) is 0. The lowest BCUT2D eigenvalue weighted by Crippen LogP contribution is -2.13. The van der Waals surface area contributed by atoms with Gasteiger partial charge in [0.05, 0.1) is 0 Å². The van der Waals surface area contributed by atoms with Crippen LogP contribution in [0.2, 0.25) is 0 Å². The molecule has 2 N–H and O–H groups in total. The largest absolute Gasteiger partial charge is 0.327 e. The van der Waals surface area contributed by atoms with Crippen LogP contribution in [0.3, 0.4) is 0 Å². The fourth-order valence-corrected chi connectivity index (χ4v) is 1.82. The smallest absolute Gasteiger partial charge is 0.00792 e. The molecule has 64 valence electrons. The summed E-state index contributed by atoms with van der Waals surface area (Å²) in [6.45, 7) is 4.50. The summed E-state index contributed by atoms with van der Waals surface area (Å²) in [7, 11) is 0. The first kappa shape index (κ1) is 8.79. The van der Waals surface area contributed by atoms with E-state index in [1.54, 1.807) is 11.1 Å². The van der Waals surface area contributed by atoms with Gasteiger partial charge < -0.3 is 5.73 Å². The average Bonchev–Trinajstić information content (AvgIpc) is 2.36. The quantitative estimate of drug-likeness (QED) is 0.606. The molecule has 1 heteroatoms. The Bertz CT molecular complexity index is 158. The third-order valence-electron chi connectivity index (χ3n) is 2.55. The number of hydrogen-bond acceptors (Lipinski definition) is 1. The first-order valence-electron chi connectivity index (χ1n) is 4.67. The number of hydrogen-bond donors (Lipinski definition) is 1. The van der Waals surface area contributed by atoms with Gasteiger partial charge in [-0.1, -0.05) is 24.5 Å². The van der Waals surface area contributed by atoms with Crippen LogP contribution in [0.1, 0.15) is 46.0 Å². The van der Waals surface area contributed by atoms with Gasteiger partial charge in [-0.2, -0.15) is 0 Å². The maximum Gasteiger partial charge on any atom is 0.00792 e. The topological polar surface area (TPSA) is 26.0 Å². The van der Waals surface area contributed by atoms with Crippen LogP contribution in [-0.4, -0.2) is 6.04 Å². The normalized spacial score (nSPS) is 29.2. The van der Waals surface area contributed by atoms with E-state index >= 15 is 0 Å². The molecule has 0 aromatic carbocycles. The summed E-state index contributed by atoms with van der Waals surface area (Å²) < 4.78 is 0. The highest BCUT2D eigenvalue weighted by molar-refractivity contribution is 5.17. The zero-order valence-electron chi connectivity index (χ0n) is 7.69. The van der Waals surface area contributed by atoms with Gasteiger partial charge >= 0.3 is 0 Å². The molecule has 0 aromatic rings. The minimum Gasteiger partial charge on any atom is -0.327 e. The minimum atomic E-state index is 0.455. The molecule has 1 unspecified atom stereocenters. The van der Waals surface area contributed by atoms with Crippen LogP contribution in [0, 0.1) is 0 Å². The highest BCUT2D eigenvalue weighted by atomic mass is 14.6. The first-order valence-corrected chi connectivity index (χ1v) is 4.67. The number of nitrogens with two attached hydrogens (primary N) is 1. The van der Waals surface area contributed by atoms with Gasteiger partial charge in [0, 0.05) is 6.04 Å². The van der Waals surface area contributed by atoms with Crippen molar-refractivity contribution in [3.8, 4) is 0 Å². The molecule has 1 rings (SSSR count). The van der Waals surface area contributed by atoms with Gasteiger partial charge in [0.1, 0.15) is 0 Å². The van der Waals surface area contributed by atoms with E-state index in [1.807, 2.05) is 0 Å². The van der Waals surface area contributed by atoms with E-state index in [1.165, 1.54) is 25.7 Å². The van der Waals surface area contributed by atoms with Crippen molar-refractivity contribution in [2.45, 2.75) is 52.0 Å². The Labute approximate surface area is 69.7 Å². The summed E-state index contributed by atoms with van der Waals surface area (Å²) in [6.07, 6.45) is 6.15. The molecule has 0 bridgehead atoms. The van der Waals surface area contributed by atoms with Crippen molar-refractivity contribution in [1.82, 2.24) is 0 Å². The van der Waals surface area contributed by atoms with Gasteiger partial charge in [0.25, 0.3) is 0 Å². The van der Waals surface area contributed by atoms with E-state index in [-0.39, 0.29) is 0 Å². The maximum absolute atomic E-state index is 5.82. The molecule has 1 atom stereocenters. The van der Waals surface area contributed by atoms with E-state index in [9.17, 15) is 0 Å². The minimum absolute atomic E-state index is 0.455. The molecule has 0 saturated heterocycles. The molecule has 1 fully saturated rings. The Morgan fingerprint density at radius 1 is 1.64 bits per heavy atom. The second-order valence-electron chi connectivity index (χ2n) is 3.64. The molecule has 0 spiro atoms. The van der Waals surface area contributed by atoms with Crippen LogP contribution in [0.4, 0.5) is 0 Å². The molecule has 1 nitrogen and oxygen atoms in total. The third-order valence-corrected chi connectivity index (χ3v) is 2.55. The fraction of sp³-hybridized carbons (Fsp3) is 0.800. The van der Waals surface area contributed by atoms with Crippen molar-refractivity contribution in [2.75, 3.05) is 0 Å². The van der Waals surface area contributed by atoms with Gasteiger partial charge in [-0.25, -0.2) is 0 Å². The monoisotopic (exact) mass is 153 g/mol. The van der Waals surface area contributed by atoms with Crippen LogP contribution < -0.4 is 5.73 Å². The van der Waals surface area contributed by atoms with E-state index in [0.29, 0.717) is 6.04 Å². The van der Waals surface area contributed by atoms with Crippen LogP contribution in [0.15, 0.2) is 11.1 Å². The van der Waals surface area contributed by atoms with Crippen molar-refractivity contribution in [3.05, 3.63) is 11.1 Å². The predicted molar refractivity (Wildman–Crippen MR) is 49.4 cm³/mol. The number of allylic oxidation sites excluding steroid dienone is 1. The zero-order chi connectivity index (χ0) is 8.27. The van der Waals surface area contributed by atoms with Crippen LogP contribution in [-0.2, 0) is 0 Å². The fourth-order valence-electron chi connectivity index (χ4n) is 1.82. The summed E-state index contributed by atoms with van der Waals surface area (Å²) in [6, 6.07) is 0.455. The standard InChI is InChI=1S/C10H19N/c1-3-4-8(2)9-5-6-10(11)7-9/h10H,3-7,11H2,1-2H3. The molecule has 0 radical (unpaired) electrons. The Balaban J connectivity index is 2.51. The molecule has 11 heavy (non-hydrogen) atoms. The summed E-state index contributed by atoms with van der Waals surface area (Å²) in [4.78, 5) is 0. The second-order valence-corrected chi connectivity index (χ2v) is 3.64. The van der Waals surface area contributed by atoms with E-state index in [4.69, 9.17) is 5.73 Å². The van der Waals surface area contributed by atoms with E-state index < -0.39 is 0 Å². The van der Waals surface area contributed by atoms with Crippen LogP contribution in [0.25, 0.3) is 0 Å². The van der Waals surface area contributed by atoms with Crippen LogP contribution in [0.5, 0.6) is 0 Å². The van der Waals surface area contributed by atoms with Crippen molar-refractivity contribution < 1.29 is 0 Å². The van der Waals surface area contributed by atoms with Crippen molar-refractivity contribution >= 4 is 0 Å². The van der Waals surface area contributed by atoms with E-state index in [2.05, 4.69) is 13.8 Å². The van der Waals surface area contributed by atoms with Gasteiger partial charge in [-0.3, -0.25) is 0 Å². The van der Waals surface area contributed by atoms with Gasteiger partial charge in [-0.05, 0) is 32.6 Å². The highest BCUT2D eigenvalue weighted by Gasteiger charge is 2.16. The number of rotatable bonds is 2. The summed E-state index contributed by atoms with van der Waals surface area (Å²) in [5.41, 5.74) is 9.06. The van der Waals surface area contributed by atoms with Crippen LogP contribution >= 0.6 is 0 Å². The van der Waals surface area contributed by atoms with Crippen molar-refractivity contribution in [2.24, 2.45) is 5.73 Å². The molecule has 1 aliphatic rings. The Hall–Kier alpha value is -0.300. The lowest BCUT2D eigenvalue weighted by molar-refractivity contribution is 0.710. The van der Waals surface area contributed by atoms with Gasteiger partial charge in [0.15, 0.2) is 0 Å². The zero-order valence-corrected chi connectivity index (χ0v) is 7.69. The van der Waals surface area contributed by atoms with Crippen molar-refractivity contribution in [1.29, 1.82) is 0 Å². The van der Waals surface area contributed by atoms with Gasteiger partial charge in [0.2, 0.25) is 0 Å². The van der Waals surface area contributed by atoms with Gasteiger partial charge in [-0.15, -0.1) is 0 Å². The lowest BCUT2D eigenvalue weighted by atomic mass is 10.0. The Kier molecular flexibility index (Phi) is 3.13. The Morgan fingerprint density at radius 3 is 2.82 bits per heavy atom. The molecule has 0 amide bonds. The van der Waals surface area contributed by atoms with Crippen molar-refractivity contribution in [3.63, 3.8) is 0 Å². The molecular formula is C10H19N. The molecule has 0 aliphatic heterocycles. The molecule has 1 aliphatic carbocycles. The summed E-state index contributed by atoms with van der Waals surface area (Å²) >= 11 is 0. The first-order chi connectivity index (χ1) is 5.24. The maximum atomic E-state index is 5.82. The van der Waals surface area contributed by atoms with E-state index in [0.717, 1.165) is 6.42 Å². The Morgan fingerprint density at radius 2 is 2.36 bits per heavy atom. The highest BCUT2D eigenvalue weighted by Crippen LogP contribution is 2.27. The summed E-state index contributed by atoms with van der Waals surface area (Å²) in [5.74, 6) is 0. The molecular weight excluding hydrogens is 134 g/mol. The molecule has 0 aromatic heterocycles. The third kappa shape index (κ3) is 2.33. The lowest BCUT2D eigenvalue weighted by Gasteiger charge is -2.03. The second kappa shape index (κ2) is 3.91. The predicted octanol–water partition coefficient (Wildman–Crippen LogP) is 2.61. The molecule has 0 heterocycles. The average molecular weight is 153 g/mol. The molecule has 1 saturated carbocycles.